The van der Waals surface area contributed by atoms with E-state index in [2.05, 4.69) is 15.0 Å². The predicted octanol–water partition coefficient (Wildman–Crippen LogP) is 1.85. The third-order valence-electron chi connectivity index (χ3n) is 4.81. The zero-order valence-electron chi connectivity index (χ0n) is 14.2. The molecule has 2 fully saturated rings. The van der Waals surface area contributed by atoms with Gasteiger partial charge in [-0.3, -0.25) is 4.79 Å². The van der Waals surface area contributed by atoms with Gasteiger partial charge in [0.2, 0.25) is 0 Å². The molecule has 1 spiro atoms. The number of piperidine rings is 1. The number of carbonyl (C=O) groups excluding carboxylic acids is 1. The van der Waals surface area contributed by atoms with Gasteiger partial charge in [-0.15, -0.1) is 0 Å². The number of carbonyl (C=O) groups is 1. The summed E-state index contributed by atoms with van der Waals surface area (Å²) in [5.41, 5.74) is -0.0879. The van der Waals surface area contributed by atoms with Crippen molar-refractivity contribution in [1.82, 2.24) is 19.9 Å². The van der Waals surface area contributed by atoms with Crippen LogP contribution in [-0.2, 0) is 4.74 Å². The van der Waals surface area contributed by atoms with Crippen molar-refractivity contribution < 1.29 is 18.7 Å². The molecule has 0 unspecified atom stereocenters. The summed E-state index contributed by atoms with van der Waals surface area (Å²) in [6.07, 6.45) is 6.39. The Labute approximate surface area is 150 Å². The SMILES string of the molecule is O=C(c1ccncn1)N1CCC[C@]2(C[C@@H](Oc3ncccc3F)CO2)C1. The zero-order chi connectivity index (χ0) is 18.0. The Kier molecular flexibility index (Phi) is 4.50. The molecular formula is C18H19FN4O3. The quantitative estimate of drug-likeness (QED) is 0.833. The molecule has 2 aromatic heterocycles. The lowest BCUT2D eigenvalue weighted by Gasteiger charge is -2.39. The second-order valence-corrected chi connectivity index (χ2v) is 6.65. The molecule has 0 bridgehead atoms. The summed E-state index contributed by atoms with van der Waals surface area (Å²) in [7, 11) is 0. The summed E-state index contributed by atoms with van der Waals surface area (Å²) in [6.45, 7) is 1.49. The van der Waals surface area contributed by atoms with Gasteiger partial charge in [0.1, 0.15) is 18.1 Å². The number of nitrogens with zero attached hydrogens (tertiary/aromatic N) is 4. The second-order valence-electron chi connectivity index (χ2n) is 6.65. The van der Waals surface area contributed by atoms with E-state index in [1.165, 1.54) is 24.7 Å². The zero-order valence-corrected chi connectivity index (χ0v) is 14.2. The molecule has 136 valence electrons. The van der Waals surface area contributed by atoms with Crippen LogP contribution in [-0.4, -0.2) is 57.2 Å². The van der Waals surface area contributed by atoms with Gasteiger partial charge in [0.05, 0.1) is 18.8 Å². The van der Waals surface area contributed by atoms with Gasteiger partial charge in [-0.1, -0.05) is 0 Å². The van der Waals surface area contributed by atoms with E-state index in [1.807, 2.05) is 0 Å². The monoisotopic (exact) mass is 358 g/mol. The maximum absolute atomic E-state index is 13.7. The molecule has 2 saturated heterocycles. The fraction of sp³-hybridized carbons (Fsp3) is 0.444. The third kappa shape index (κ3) is 3.37. The summed E-state index contributed by atoms with van der Waals surface area (Å²) in [4.78, 5) is 26.2. The van der Waals surface area contributed by atoms with Crippen LogP contribution in [0.4, 0.5) is 4.39 Å². The van der Waals surface area contributed by atoms with Gasteiger partial charge >= 0.3 is 0 Å². The van der Waals surface area contributed by atoms with Gasteiger partial charge in [0.25, 0.3) is 11.8 Å². The van der Waals surface area contributed by atoms with Crippen LogP contribution < -0.4 is 4.74 Å². The second kappa shape index (κ2) is 6.95. The van der Waals surface area contributed by atoms with Gasteiger partial charge in [0, 0.05) is 25.4 Å². The number of amides is 1. The molecule has 2 aliphatic rings. The van der Waals surface area contributed by atoms with E-state index in [-0.39, 0.29) is 17.9 Å². The summed E-state index contributed by atoms with van der Waals surface area (Å²) in [5, 5.41) is 0. The Bertz CT molecular complexity index is 791. The molecule has 0 aromatic carbocycles. The first-order valence-electron chi connectivity index (χ1n) is 8.62. The lowest BCUT2D eigenvalue weighted by atomic mass is 9.89. The fourth-order valence-electron chi connectivity index (χ4n) is 3.63. The number of aromatic nitrogens is 3. The largest absolute Gasteiger partial charge is 0.470 e. The number of rotatable bonds is 3. The van der Waals surface area contributed by atoms with E-state index in [9.17, 15) is 9.18 Å². The van der Waals surface area contributed by atoms with Crippen LogP contribution in [0, 0.1) is 5.82 Å². The van der Waals surface area contributed by atoms with Crippen molar-refractivity contribution in [3.63, 3.8) is 0 Å². The first-order valence-corrected chi connectivity index (χ1v) is 8.62. The summed E-state index contributed by atoms with van der Waals surface area (Å²) >= 11 is 0. The Morgan fingerprint density at radius 3 is 3.08 bits per heavy atom. The van der Waals surface area contributed by atoms with Crippen molar-refractivity contribution >= 4 is 5.91 Å². The number of hydrogen-bond donors (Lipinski definition) is 0. The van der Waals surface area contributed by atoms with Crippen molar-refractivity contribution in [2.45, 2.75) is 31.0 Å². The molecule has 7 nitrogen and oxygen atoms in total. The van der Waals surface area contributed by atoms with E-state index in [1.54, 1.807) is 17.2 Å². The van der Waals surface area contributed by atoms with Gasteiger partial charge in [-0.2, -0.15) is 0 Å². The average Bonchev–Trinajstić information content (AvgIpc) is 3.05. The predicted molar refractivity (Wildman–Crippen MR) is 89.1 cm³/mol. The van der Waals surface area contributed by atoms with Crippen molar-refractivity contribution in [2.24, 2.45) is 0 Å². The van der Waals surface area contributed by atoms with Crippen molar-refractivity contribution in [2.75, 3.05) is 19.7 Å². The van der Waals surface area contributed by atoms with Crippen LogP contribution in [0.3, 0.4) is 0 Å². The van der Waals surface area contributed by atoms with Crippen LogP contribution in [0.5, 0.6) is 5.88 Å². The molecule has 2 aliphatic heterocycles. The molecule has 4 heterocycles. The standard InChI is InChI=1S/C18H19FN4O3/c19-14-3-1-6-21-16(14)26-13-9-18(25-10-13)5-2-8-23(11-18)17(24)15-4-7-20-12-22-15/h1,3-4,6-7,12-13H,2,5,8-11H2/t13-,18+/m1/s1. The van der Waals surface area contributed by atoms with Crippen LogP contribution in [0.1, 0.15) is 29.8 Å². The molecule has 1 amide bonds. The molecule has 2 atom stereocenters. The maximum atomic E-state index is 13.7. The van der Waals surface area contributed by atoms with Crippen molar-refractivity contribution in [3.05, 3.63) is 48.4 Å². The number of pyridine rings is 1. The Morgan fingerprint density at radius 1 is 1.35 bits per heavy atom. The van der Waals surface area contributed by atoms with Crippen LogP contribution in [0.15, 0.2) is 36.9 Å². The molecular weight excluding hydrogens is 339 g/mol. The number of halogens is 1. The summed E-state index contributed by atoms with van der Waals surface area (Å²) in [6, 6.07) is 4.44. The van der Waals surface area contributed by atoms with E-state index in [4.69, 9.17) is 9.47 Å². The van der Waals surface area contributed by atoms with Gasteiger partial charge in [-0.05, 0) is 31.0 Å². The minimum atomic E-state index is -0.488. The molecule has 0 radical (unpaired) electrons. The van der Waals surface area contributed by atoms with Gasteiger partial charge in [0.15, 0.2) is 5.82 Å². The van der Waals surface area contributed by atoms with E-state index < -0.39 is 11.4 Å². The fourth-order valence-corrected chi connectivity index (χ4v) is 3.63. The first kappa shape index (κ1) is 16.8. The molecule has 8 heteroatoms. The molecule has 0 aliphatic carbocycles. The highest BCUT2D eigenvalue weighted by Crippen LogP contribution is 2.36. The molecule has 0 N–H and O–H groups in total. The van der Waals surface area contributed by atoms with Crippen molar-refractivity contribution in [3.8, 4) is 5.88 Å². The highest BCUT2D eigenvalue weighted by molar-refractivity contribution is 5.92. The molecule has 4 rings (SSSR count). The minimum absolute atomic E-state index is 0.0112. The minimum Gasteiger partial charge on any atom is -0.470 e. The molecule has 2 aromatic rings. The lowest BCUT2D eigenvalue weighted by molar-refractivity contribution is -0.0455. The maximum Gasteiger partial charge on any atom is 0.272 e. The summed E-state index contributed by atoms with van der Waals surface area (Å²) < 4.78 is 25.4. The topological polar surface area (TPSA) is 77.4 Å². The first-order chi connectivity index (χ1) is 12.7. The van der Waals surface area contributed by atoms with Crippen LogP contribution >= 0.6 is 0 Å². The normalized spacial score (nSPS) is 25.4. The number of ether oxygens (including phenoxy) is 2. The third-order valence-corrected chi connectivity index (χ3v) is 4.81. The molecule has 0 saturated carbocycles. The van der Waals surface area contributed by atoms with Gasteiger partial charge in [-0.25, -0.2) is 19.3 Å². The Hall–Kier alpha value is -2.61. The van der Waals surface area contributed by atoms with E-state index in [0.717, 1.165) is 12.8 Å². The average molecular weight is 358 g/mol. The number of likely N-dealkylation sites (tertiary alicyclic amines) is 1. The smallest absolute Gasteiger partial charge is 0.272 e. The van der Waals surface area contributed by atoms with E-state index in [0.29, 0.717) is 31.8 Å². The highest BCUT2D eigenvalue weighted by Gasteiger charge is 2.45. The number of hydrogen-bond acceptors (Lipinski definition) is 6. The van der Waals surface area contributed by atoms with Crippen molar-refractivity contribution in [1.29, 1.82) is 0 Å². The Balaban J connectivity index is 1.43. The van der Waals surface area contributed by atoms with Crippen LogP contribution in [0.25, 0.3) is 0 Å². The summed E-state index contributed by atoms with van der Waals surface area (Å²) in [5.74, 6) is -0.629. The Morgan fingerprint density at radius 2 is 2.27 bits per heavy atom. The van der Waals surface area contributed by atoms with E-state index >= 15 is 0 Å². The highest BCUT2D eigenvalue weighted by atomic mass is 19.1. The van der Waals surface area contributed by atoms with Gasteiger partial charge < -0.3 is 14.4 Å². The lowest BCUT2D eigenvalue weighted by Crippen LogP contribution is -2.50. The molecule has 26 heavy (non-hydrogen) atoms. The van der Waals surface area contributed by atoms with Crippen LogP contribution in [0.2, 0.25) is 0 Å².